The third kappa shape index (κ3) is 1.62. The molecule has 0 amide bonds. The molecule has 0 aliphatic carbocycles. The number of ether oxygens (including phenoxy) is 1. The van der Waals surface area contributed by atoms with Crippen molar-refractivity contribution in [2.24, 2.45) is 7.05 Å². The molecular formula is C13H13NO3. The van der Waals surface area contributed by atoms with E-state index in [2.05, 4.69) is 0 Å². The average molecular weight is 231 g/mol. The molecule has 0 radical (unpaired) electrons. The molecule has 0 fully saturated rings. The monoisotopic (exact) mass is 231 g/mol. The number of fused-ring (bicyclic) bond motifs is 1. The van der Waals surface area contributed by atoms with Crippen LogP contribution < -0.4 is 10.3 Å². The summed E-state index contributed by atoms with van der Waals surface area (Å²) in [5.41, 5.74) is 1.40. The molecule has 0 spiro atoms. The number of hydrogen-bond donors (Lipinski definition) is 0. The lowest BCUT2D eigenvalue weighted by Crippen LogP contribution is -2.22. The minimum Gasteiger partial charge on any atom is -0.497 e. The van der Waals surface area contributed by atoms with Crippen LogP contribution in [0.4, 0.5) is 0 Å². The van der Waals surface area contributed by atoms with Gasteiger partial charge in [-0.25, -0.2) is 0 Å². The minimum absolute atomic E-state index is 0.213. The molecule has 0 N–H and O–H groups in total. The van der Waals surface area contributed by atoms with Gasteiger partial charge in [-0.15, -0.1) is 0 Å². The van der Waals surface area contributed by atoms with Crippen LogP contribution in [0.2, 0.25) is 0 Å². The lowest BCUT2D eigenvalue weighted by Gasteiger charge is -2.11. The predicted molar refractivity (Wildman–Crippen MR) is 65.9 cm³/mol. The van der Waals surface area contributed by atoms with Gasteiger partial charge in [0.2, 0.25) is 0 Å². The van der Waals surface area contributed by atoms with Crippen LogP contribution in [-0.2, 0) is 7.05 Å². The summed E-state index contributed by atoms with van der Waals surface area (Å²) in [6, 6.07) is 5.46. The zero-order chi connectivity index (χ0) is 12.6. The molecule has 0 aliphatic heterocycles. The fourth-order valence-electron chi connectivity index (χ4n) is 1.97. The summed E-state index contributed by atoms with van der Waals surface area (Å²) in [5.74, 6) is 0.686. The first-order chi connectivity index (χ1) is 8.10. The number of aromatic nitrogens is 1. The molecule has 4 nitrogen and oxygen atoms in total. The van der Waals surface area contributed by atoms with Crippen molar-refractivity contribution in [3.8, 4) is 5.75 Å². The summed E-state index contributed by atoms with van der Waals surface area (Å²) in [7, 11) is 3.22. The Morgan fingerprint density at radius 2 is 2.06 bits per heavy atom. The lowest BCUT2D eigenvalue weighted by atomic mass is 10.0. The Hall–Kier alpha value is -2.10. The van der Waals surface area contributed by atoms with Crippen molar-refractivity contribution in [2.75, 3.05) is 7.11 Å². The topological polar surface area (TPSA) is 48.3 Å². The second-order valence-corrected chi connectivity index (χ2v) is 3.90. The molecule has 4 heteroatoms. The van der Waals surface area contributed by atoms with Gasteiger partial charge in [-0.3, -0.25) is 9.59 Å². The number of nitrogens with zero attached hydrogens (tertiary/aromatic N) is 1. The van der Waals surface area contributed by atoms with Crippen LogP contribution in [0, 0.1) is 6.92 Å². The van der Waals surface area contributed by atoms with Crippen molar-refractivity contribution in [2.45, 2.75) is 6.92 Å². The van der Waals surface area contributed by atoms with Crippen molar-refractivity contribution >= 4 is 17.2 Å². The summed E-state index contributed by atoms with van der Waals surface area (Å²) in [6.45, 7) is 1.78. The predicted octanol–water partition coefficient (Wildman–Crippen LogP) is 1.67. The number of aldehydes is 1. The number of aryl methyl sites for hydroxylation is 2. The second-order valence-electron chi connectivity index (χ2n) is 3.90. The number of methoxy groups -OCH3 is 1. The van der Waals surface area contributed by atoms with Gasteiger partial charge in [-0.05, 0) is 24.6 Å². The fourth-order valence-corrected chi connectivity index (χ4v) is 1.97. The zero-order valence-corrected chi connectivity index (χ0v) is 9.98. The van der Waals surface area contributed by atoms with Gasteiger partial charge < -0.3 is 9.30 Å². The summed E-state index contributed by atoms with van der Waals surface area (Å²) in [6.07, 6.45) is 0.612. The van der Waals surface area contributed by atoms with E-state index in [4.69, 9.17) is 4.74 Å². The molecule has 0 unspecified atom stereocenters. The Morgan fingerprint density at radius 1 is 1.35 bits per heavy atom. The highest BCUT2D eigenvalue weighted by atomic mass is 16.5. The number of pyridine rings is 1. The van der Waals surface area contributed by atoms with E-state index in [-0.39, 0.29) is 11.1 Å². The summed E-state index contributed by atoms with van der Waals surface area (Å²) >= 11 is 0. The van der Waals surface area contributed by atoms with Gasteiger partial charge in [-0.1, -0.05) is 0 Å². The Labute approximate surface area is 98.4 Å². The van der Waals surface area contributed by atoms with Crippen molar-refractivity contribution in [3.63, 3.8) is 0 Å². The third-order valence-corrected chi connectivity index (χ3v) is 3.03. The maximum atomic E-state index is 11.9. The van der Waals surface area contributed by atoms with E-state index < -0.39 is 0 Å². The lowest BCUT2D eigenvalue weighted by molar-refractivity contribution is 0.112. The maximum Gasteiger partial charge on any atom is 0.261 e. The van der Waals surface area contributed by atoms with Crippen LogP contribution in [0.25, 0.3) is 10.9 Å². The number of hydrogen-bond acceptors (Lipinski definition) is 3. The third-order valence-electron chi connectivity index (χ3n) is 3.03. The fraction of sp³-hybridized carbons (Fsp3) is 0.231. The highest BCUT2D eigenvalue weighted by molar-refractivity contribution is 5.91. The molecule has 1 aromatic carbocycles. The van der Waals surface area contributed by atoms with Crippen LogP contribution in [0.3, 0.4) is 0 Å². The number of rotatable bonds is 2. The van der Waals surface area contributed by atoms with E-state index in [1.54, 1.807) is 27.1 Å². The summed E-state index contributed by atoms with van der Waals surface area (Å²) in [5, 5.41) is 0.884. The maximum absolute atomic E-state index is 11.9. The van der Waals surface area contributed by atoms with Crippen molar-refractivity contribution in [3.05, 3.63) is 39.7 Å². The molecule has 2 aromatic rings. The van der Waals surface area contributed by atoms with Crippen LogP contribution in [0.5, 0.6) is 5.75 Å². The number of benzene rings is 1. The van der Waals surface area contributed by atoms with E-state index in [1.165, 1.54) is 4.57 Å². The smallest absolute Gasteiger partial charge is 0.261 e. The van der Waals surface area contributed by atoms with Crippen LogP contribution in [0.15, 0.2) is 23.0 Å². The quantitative estimate of drug-likeness (QED) is 0.739. The minimum atomic E-state index is -0.279. The highest BCUT2D eigenvalue weighted by Gasteiger charge is 2.11. The molecule has 1 aromatic heterocycles. The largest absolute Gasteiger partial charge is 0.497 e. The van der Waals surface area contributed by atoms with Crippen molar-refractivity contribution in [1.29, 1.82) is 0 Å². The molecule has 0 saturated carbocycles. The van der Waals surface area contributed by atoms with Gasteiger partial charge in [0.1, 0.15) is 5.75 Å². The van der Waals surface area contributed by atoms with Crippen molar-refractivity contribution < 1.29 is 9.53 Å². The highest BCUT2D eigenvalue weighted by Crippen LogP contribution is 2.22. The Balaban J connectivity index is 2.98. The Kier molecular flexibility index (Phi) is 2.71. The van der Waals surface area contributed by atoms with E-state index in [0.29, 0.717) is 17.6 Å². The molecule has 88 valence electrons. The van der Waals surface area contributed by atoms with Gasteiger partial charge in [0, 0.05) is 18.5 Å². The van der Waals surface area contributed by atoms with E-state index in [1.807, 2.05) is 12.1 Å². The zero-order valence-electron chi connectivity index (χ0n) is 9.98. The molecule has 17 heavy (non-hydrogen) atoms. The Bertz CT molecular complexity index is 656. The van der Waals surface area contributed by atoms with E-state index in [0.717, 1.165) is 10.9 Å². The van der Waals surface area contributed by atoms with Gasteiger partial charge in [-0.2, -0.15) is 0 Å². The summed E-state index contributed by atoms with van der Waals surface area (Å²) in [4.78, 5) is 22.9. The Morgan fingerprint density at radius 3 is 2.65 bits per heavy atom. The first-order valence-corrected chi connectivity index (χ1v) is 5.22. The molecule has 0 atom stereocenters. The summed E-state index contributed by atoms with van der Waals surface area (Å²) < 4.78 is 6.60. The normalized spacial score (nSPS) is 10.5. The average Bonchev–Trinajstić information content (AvgIpc) is 2.36. The first-order valence-electron chi connectivity index (χ1n) is 5.22. The van der Waals surface area contributed by atoms with Gasteiger partial charge in [0.05, 0.1) is 18.2 Å². The number of carbonyl (C=O) groups excluding carboxylic acids is 1. The molecular weight excluding hydrogens is 218 g/mol. The number of carbonyl (C=O) groups is 1. The van der Waals surface area contributed by atoms with E-state index >= 15 is 0 Å². The molecule has 0 saturated heterocycles. The van der Waals surface area contributed by atoms with E-state index in [9.17, 15) is 9.59 Å². The van der Waals surface area contributed by atoms with Crippen LogP contribution in [-0.4, -0.2) is 18.0 Å². The van der Waals surface area contributed by atoms with Crippen LogP contribution in [0.1, 0.15) is 15.9 Å². The van der Waals surface area contributed by atoms with Gasteiger partial charge >= 0.3 is 0 Å². The van der Waals surface area contributed by atoms with Crippen molar-refractivity contribution in [1.82, 2.24) is 4.57 Å². The first kappa shape index (κ1) is 11.4. The standard InChI is InChI=1S/C13H13NO3/c1-8-10-5-4-9(17-3)6-12(10)14(2)13(16)11(8)7-15/h4-7H,1-3H3. The molecule has 0 aliphatic rings. The van der Waals surface area contributed by atoms with Crippen LogP contribution >= 0.6 is 0 Å². The van der Waals surface area contributed by atoms with Gasteiger partial charge in [0.15, 0.2) is 6.29 Å². The molecule has 1 heterocycles. The molecule has 2 rings (SSSR count). The van der Waals surface area contributed by atoms with Gasteiger partial charge in [0.25, 0.3) is 5.56 Å². The second kappa shape index (κ2) is 4.05. The molecule has 0 bridgehead atoms. The SMILES string of the molecule is COc1ccc2c(C)c(C=O)c(=O)n(C)c2c1.